The summed E-state index contributed by atoms with van der Waals surface area (Å²) < 4.78 is 5.19. The van der Waals surface area contributed by atoms with Gasteiger partial charge in [0.05, 0.1) is 12.8 Å². The molecule has 0 fully saturated rings. The Kier molecular flexibility index (Phi) is 5.53. The van der Waals surface area contributed by atoms with Crippen LogP contribution in [0.5, 0.6) is 5.75 Å². The smallest absolute Gasteiger partial charge is 0.227 e. The van der Waals surface area contributed by atoms with E-state index >= 15 is 0 Å². The van der Waals surface area contributed by atoms with Gasteiger partial charge in [-0.1, -0.05) is 31.2 Å². The lowest BCUT2D eigenvalue weighted by molar-refractivity contribution is 0.243. The van der Waals surface area contributed by atoms with Crippen LogP contribution >= 0.6 is 0 Å². The van der Waals surface area contributed by atoms with E-state index in [1.165, 1.54) is 16.7 Å². The molecule has 3 aromatic rings. The molecule has 0 spiro atoms. The van der Waals surface area contributed by atoms with Crippen molar-refractivity contribution >= 4 is 11.6 Å². The molecule has 0 atom stereocenters. The number of aryl methyl sites for hydroxylation is 1. The SMILES string of the molecule is CCc1ccc(CN2CCc3nc(Nc4ccc(OC)cc4)ncc3C2)cc1. The fraction of sp³-hybridized carbons (Fsp3) is 0.304. The minimum absolute atomic E-state index is 0.646. The van der Waals surface area contributed by atoms with Crippen molar-refractivity contribution in [2.75, 3.05) is 19.0 Å². The Morgan fingerprint density at radius 1 is 1.04 bits per heavy atom. The van der Waals surface area contributed by atoms with Gasteiger partial charge in [-0.3, -0.25) is 4.90 Å². The molecule has 0 unspecified atom stereocenters. The molecule has 0 amide bonds. The van der Waals surface area contributed by atoms with Crippen LogP contribution in [0.3, 0.4) is 0 Å². The zero-order chi connectivity index (χ0) is 19.3. The van der Waals surface area contributed by atoms with Crippen LogP contribution in [-0.2, 0) is 25.9 Å². The second kappa shape index (κ2) is 8.40. The van der Waals surface area contributed by atoms with Gasteiger partial charge in [0.2, 0.25) is 5.95 Å². The van der Waals surface area contributed by atoms with Gasteiger partial charge < -0.3 is 10.1 Å². The van der Waals surface area contributed by atoms with Crippen LogP contribution in [0.15, 0.2) is 54.7 Å². The van der Waals surface area contributed by atoms with Gasteiger partial charge in [-0.2, -0.15) is 0 Å². The van der Waals surface area contributed by atoms with E-state index in [0.29, 0.717) is 5.95 Å². The van der Waals surface area contributed by atoms with Gasteiger partial charge in [-0.25, -0.2) is 9.97 Å². The van der Waals surface area contributed by atoms with Crippen molar-refractivity contribution in [3.63, 3.8) is 0 Å². The summed E-state index contributed by atoms with van der Waals surface area (Å²) in [4.78, 5) is 11.7. The number of rotatable bonds is 6. The van der Waals surface area contributed by atoms with Crippen molar-refractivity contribution in [2.45, 2.75) is 32.9 Å². The summed E-state index contributed by atoms with van der Waals surface area (Å²) >= 11 is 0. The highest BCUT2D eigenvalue weighted by atomic mass is 16.5. The lowest BCUT2D eigenvalue weighted by Gasteiger charge is -2.28. The summed E-state index contributed by atoms with van der Waals surface area (Å²) in [5.41, 5.74) is 6.06. The summed E-state index contributed by atoms with van der Waals surface area (Å²) in [6.07, 6.45) is 3.99. The zero-order valence-electron chi connectivity index (χ0n) is 16.5. The molecule has 0 saturated carbocycles. The molecule has 1 aliphatic rings. The molecule has 0 saturated heterocycles. The first-order valence-corrected chi connectivity index (χ1v) is 9.79. The third-order valence-corrected chi connectivity index (χ3v) is 5.20. The monoisotopic (exact) mass is 374 g/mol. The normalized spacial score (nSPS) is 13.8. The van der Waals surface area contributed by atoms with E-state index in [9.17, 15) is 0 Å². The molecule has 1 aliphatic heterocycles. The van der Waals surface area contributed by atoms with E-state index in [4.69, 9.17) is 9.72 Å². The molecule has 4 rings (SSSR count). The number of nitrogens with zero attached hydrogens (tertiary/aromatic N) is 3. The molecule has 2 aromatic carbocycles. The maximum absolute atomic E-state index is 5.19. The Hall–Kier alpha value is -2.92. The van der Waals surface area contributed by atoms with Gasteiger partial charge in [0.1, 0.15) is 5.75 Å². The number of ether oxygens (including phenoxy) is 1. The number of hydrogen-bond acceptors (Lipinski definition) is 5. The third kappa shape index (κ3) is 4.31. The summed E-state index contributed by atoms with van der Waals surface area (Å²) in [6.45, 7) is 5.07. The molecule has 28 heavy (non-hydrogen) atoms. The van der Waals surface area contributed by atoms with E-state index in [-0.39, 0.29) is 0 Å². The van der Waals surface area contributed by atoms with Crippen molar-refractivity contribution in [2.24, 2.45) is 0 Å². The van der Waals surface area contributed by atoms with Gasteiger partial charge >= 0.3 is 0 Å². The predicted molar refractivity (Wildman–Crippen MR) is 112 cm³/mol. The molecular weight excluding hydrogens is 348 g/mol. The highest BCUT2D eigenvalue weighted by molar-refractivity contribution is 5.54. The average Bonchev–Trinajstić information content (AvgIpc) is 2.75. The standard InChI is InChI=1S/C23H26N4O/c1-3-17-4-6-18(7-5-17)15-27-13-12-22-19(16-27)14-24-23(26-22)25-20-8-10-21(28-2)11-9-20/h4-11,14H,3,12-13,15-16H2,1-2H3,(H,24,25,26). The van der Waals surface area contributed by atoms with Crippen molar-refractivity contribution in [3.05, 3.63) is 77.1 Å². The molecule has 1 N–H and O–H groups in total. The first kappa shape index (κ1) is 18.4. The van der Waals surface area contributed by atoms with Crippen LogP contribution < -0.4 is 10.1 Å². The van der Waals surface area contributed by atoms with Crippen LogP contribution in [0.4, 0.5) is 11.6 Å². The minimum Gasteiger partial charge on any atom is -0.497 e. The van der Waals surface area contributed by atoms with Gasteiger partial charge in [0, 0.05) is 43.5 Å². The second-order valence-corrected chi connectivity index (χ2v) is 7.15. The number of nitrogens with one attached hydrogen (secondary N) is 1. The Labute approximate surface area is 166 Å². The highest BCUT2D eigenvalue weighted by Gasteiger charge is 2.18. The topological polar surface area (TPSA) is 50.3 Å². The van der Waals surface area contributed by atoms with Crippen molar-refractivity contribution in [3.8, 4) is 5.75 Å². The molecular formula is C23H26N4O. The fourth-order valence-electron chi connectivity index (χ4n) is 3.51. The highest BCUT2D eigenvalue weighted by Crippen LogP contribution is 2.22. The number of methoxy groups -OCH3 is 1. The van der Waals surface area contributed by atoms with Crippen molar-refractivity contribution < 1.29 is 4.74 Å². The van der Waals surface area contributed by atoms with Crippen LogP contribution in [-0.4, -0.2) is 28.5 Å². The summed E-state index contributed by atoms with van der Waals surface area (Å²) in [6, 6.07) is 16.7. The summed E-state index contributed by atoms with van der Waals surface area (Å²) in [5.74, 6) is 1.48. The first-order chi connectivity index (χ1) is 13.7. The fourth-order valence-corrected chi connectivity index (χ4v) is 3.51. The molecule has 0 aliphatic carbocycles. The lowest BCUT2D eigenvalue weighted by atomic mass is 10.1. The number of fused-ring (bicyclic) bond motifs is 1. The van der Waals surface area contributed by atoms with E-state index in [1.54, 1.807) is 7.11 Å². The lowest BCUT2D eigenvalue weighted by Crippen LogP contribution is -2.31. The van der Waals surface area contributed by atoms with Crippen molar-refractivity contribution in [1.29, 1.82) is 0 Å². The van der Waals surface area contributed by atoms with Crippen LogP contribution in [0, 0.1) is 0 Å². The number of benzene rings is 2. The third-order valence-electron chi connectivity index (χ3n) is 5.20. The second-order valence-electron chi connectivity index (χ2n) is 7.15. The van der Waals surface area contributed by atoms with E-state index in [1.807, 2.05) is 30.5 Å². The molecule has 2 heterocycles. The Morgan fingerprint density at radius 3 is 2.50 bits per heavy atom. The molecule has 5 heteroatoms. The van der Waals surface area contributed by atoms with Gasteiger partial charge in [0.25, 0.3) is 0 Å². The van der Waals surface area contributed by atoms with E-state index in [2.05, 4.69) is 46.4 Å². The quantitative estimate of drug-likeness (QED) is 0.695. The number of anilines is 2. The Morgan fingerprint density at radius 2 is 1.79 bits per heavy atom. The van der Waals surface area contributed by atoms with Crippen molar-refractivity contribution in [1.82, 2.24) is 14.9 Å². The maximum atomic E-state index is 5.19. The van der Waals surface area contributed by atoms with E-state index in [0.717, 1.165) is 49.6 Å². The van der Waals surface area contributed by atoms with Crippen LogP contribution in [0.1, 0.15) is 29.3 Å². The minimum atomic E-state index is 0.646. The Bertz CT molecular complexity index is 922. The van der Waals surface area contributed by atoms with Crippen LogP contribution in [0.2, 0.25) is 0 Å². The van der Waals surface area contributed by atoms with Gasteiger partial charge in [-0.05, 0) is 41.8 Å². The summed E-state index contributed by atoms with van der Waals surface area (Å²) in [7, 11) is 1.67. The Balaban J connectivity index is 1.40. The first-order valence-electron chi connectivity index (χ1n) is 9.79. The summed E-state index contributed by atoms with van der Waals surface area (Å²) in [5, 5.41) is 3.28. The molecule has 1 aromatic heterocycles. The van der Waals surface area contributed by atoms with Gasteiger partial charge in [-0.15, -0.1) is 0 Å². The van der Waals surface area contributed by atoms with E-state index < -0.39 is 0 Å². The zero-order valence-corrected chi connectivity index (χ0v) is 16.5. The number of hydrogen-bond donors (Lipinski definition) is 1. The predicted octanol–water partition coefficient (Wildman–Crippen LogP) is 4.35. The molecule has 0 bridgehead atoms. The average molecular weight is 374 g/mol. The molecule has 5 nitrogen and oxygen atoms in total. The maximum Gasteiger partial charge on any atom is 0.227 e. The molecule has 0 radical (unpaired) electrons. The number of aromatic nitrogens is 2. The molecule has 144 valence electrons. The largest absolute Gasteiger partial charge is 0.497 e. The van der Waals surface area contributed by atoms with Gasteiger partial charge in [0.15, 0.2) is 0 Å². The van der Waals surface area contributed by atoms with Crippen LogP contribution in [0.25, 0.3) is 0 Å².